The second kappa shape index (κ2) is 5.27. The molecule has 17 heavy (non-hydrogen) atoms. The molecule has 1 saturated heterocycles. The quantitative estimate of drug-likeness (QED) is 0.857. The number of piperidine rings is 1. The van der Waals surface area contributed by atoms with Gasteiger partial charge in [-0.05, 0) is 35.8 Å². The van der Waals surface area contributed by atoms with E-state index in [9.17, 15) is 4.39 Å². The zero-order valence-electron chi connectivity index (χ0n) is 9.70. The number of likely N-dealkylation sites (tertiary alicyclic amines) is 1. The van der Waals surface area contributed by atoms with E-state index in [1.165, 1.54) is 12.4 Å². The van der Waals surface area contributed by atoms with Gasteiger partial charge in [0.25, 0.3) is 0 Å². The van der Waals surface area contributed by atoms with Crippen molar-refractivity contribution >= 4 is 15.9 Å². The Morgan fingerprint density at radius 1 is 1.41 bits per heavy atom. The van der Waals surface area contributed by atoms with E-state index in [1.807, 2.05) is 7.05 Å². The topological polar surface area (TPSA) is 38.2 Å². The van der Waals surface area contributed by atoms with E-state index in [4.69, 9.17) is 4.74 Å². The van der Waals surface area contributed by atoms with Crippen molar-refractivity contribution in [2.45, 2.75) is 18.5 Å². The number of halogens is 2. The fourth-order valence-corrected chi connectivity index (χ4v) is 1.95. The highest BCUT2D eigenvalue weighted by molar-refractivity contribution is 9.10. The van der Waals surface area contributed by atoms with Gasteiger partial charge in [0, 0.05) is 13.1 Å². The molecular weight excluding hydrogens is 289 g/mol. The van der Waals surface area contributed by atoms with Crippen molar-refractivity contribution in [1.29, 1.82) is 0 Å². The molecule has 94 valence electrons. The SMILES string of the molecule is CN1CCC(F)(COc2cnc(Br)cn2)CC1. The molecule has 0 spiro atoms. The van der Waals surface area contributed by atoms with Crippen LogP contribution in [0.25, 0.3) is 0 Å². The molecule has 0 aromatic carbocycles. The summed E-state index contributed by atoms with van der Waals surface area (Å²) >= 11 is 3.18. The predicted molar refractivity (Wildman–Crippen MR) is 65.8 cm³/mol. The second-order valence-electron chi connectivity index (χ2n) is 4.42. The minimum absolute atomic E-state index is 0.0527. The fraction of sp³-hybridized carbons (Fsp3) is 0.636. The van der Waals surface area contributed by atoms with Crippen LogP contribution < -0.4 is 4.74 Å². The van der Waals surface area contributed by atoms with Crippen LogP contribution in [-0.4, -0.2) is 47.3 Å². The molecule has 0 aliphatic carbocycles. The van der Waals surface area contributed by atoms with E-state index < -0.39 is 5.67 Å². The van der Waals surface area contributed by atoms with Gasteiger partial charge >= 0.3 is 0 Å². The Labute approximate surface area is 108 Å². The molecule has 0 atom stereocenters. The average Bonchev–Trinajstić information content (AvgIpc) is 2.33. The molecule has 0 radical (unpaired) electrons. The highest BCUT2D eigenvalue weighted by Gasteiger charge is 2.34. The lowest BCUT2D eigenvalue weighted by Crippen LogP contribution is -2.43. The van der Waals surface area contributed by atoms with Crippen LogP contribution in [-0.2, 0) is 0 Å². The minimum atomic E-state index is -1.23. The van der Waals surface area contributed by atoms with Gasteiger partial charge < -0.3 is 9.64 Å². The second-order valence-corrected chi connectivity index (χ2v) is 5.23. The summed E-state index contributed by atoms with van der Waals surface area (Å²) in [6, 6.07) is 0. The Morgan fingerprint density at radius 3 is 2.71 bits per heavy atom. The lowest BCUT2D eigenvalue weighted by molar-refractivity contribution is 0.0228. The fourth-order valence-electron chi connectivity index (χ4n) is 1.74. The summed E-state index contributed by atoms with van der Waals surface area (Å²) in [4.78, 5) is 10.1. The molecule has 1 fully saturated rings. The highest BCUT2D eigenvalue weighted by atomic mass is 79.9. The molecule has 0 bridgehead atoms. The maximum atomic E-state index is 14.3. The van der Waals surface area contributed by atoms with E-state index in [0.29, 0.717) is 23.3 Å². The van der Waals surface area contributed by atoms with Crippen molar-refractivity contribution in [3.8, 4) is 5.88 Å². The van der Waals surface area contributed by atoms with Crippen LogP contribution in [0, 0.1) is 0 Å². The summed E-state index contributed by atoms with van der Waals surface area (Å²) in [5.74, 6) is 0.365. The number of hydrogen-bond donors (Lipinski definition) is 0. The molecule has 1 aromatic rings. The third-order valence-electron chi connectivity index (χ3n) is 2.96. The van der Waals surface area contributed by atoms with Gasteiger partial charge in [0.05, 0.1) is 12.4 Å². The number of ether oxygens (including phenoxy) is 1. The number of aromatic nitrogens is 2. The Bertz CT molecular complexity index is 365. The van der Waals surface area contributed by atoms with Gasteiger partial charge in [-0.2, -0.15) is 0 Å². The lowest BCUT2D eigenvalue weighted by Gasteiger charge is -2.33. The Kier molecular flexibility index (Phi) is 3.93. The van der Waals surface area contributed by atoms with E-state index >= 15 is 0 Å². The van der Waals surface area contributed by atoms with Crippen molar-refractivity contribution in [3.63, 3.8) is 0 Å². The largest absolute Gasteiger partial charge is 0.473 e. The van der Waals surface area contributed by atoms with Crippen molar-refractivity contribution in [1.82, 2.24) is 14.9 Å². The van der Waals surface area contributed by atoms with Crippen LogP contribution >= 0.6 is 15.9 Å². The van der Waals surface area contributed by atoms with E-state index in [0.717, 1.165) is 13.1 Å². The first kappa shape index (κ1) is 12.7. The Hall–Kier alpha value is -0.750. The van der Waals surface area contributed by atoms with Crippen molar-refractivity contribution < 1.29 is 9.13 Å². The summed E-state index contributed by atoms with van der Waals surface area (Å²) in [5.41, 5.74) is -1.23. The van der Waals surface area contributed by atoms with Gasteiger partial charge in [0.1, 0.15) is 16.9 Å². The van der Waals surface area contributed by atoms with Crippen LogP contribution in [0.1, 0.15) is 12.8 Å². The maximum absolute atomic E-state index is 14.3. The molecule has 0 N–H and O–H groups in total. The number of nitrogens with zero attached hydrogens (tertiary/aromatic N) is 3. The van der Waals surface area contributed by atoms with Crippen LogP contribution in [0.4, 0.5) is 4.39 Å². The maximum Gasteiger partial charge on any atom is 0.232 e. The average molecular weight is 304 g/mol. The smallest absolute Gasteiger partial charge is 0.232 e. The van der Waals surface area contributed by atoms with Gasteiger partial charge in [0.15, 0.2) is 0 Å². The first-order chi connectivity index (χ1) is 8.07. The molecule has 0 unspecified atom stereocenters. The minimum Gasteiger partial charge on any atom is -0.473 e. The number of hydrogen-bond acceptors (Lipinski definition) is 4. The molecule has 0 saturated carbocycles. The van der Waals surface area contributed by atoms with Crippen LogP contribution in [0.3, 0.4) is 0 Å². The summed E-state index contributed by atoms with van der Waals surface area (Å²) in [6.45, 7) is 1.59. The zero-order chi connectivity index (χ0) is 12.3. The van der Waals surface area contributed by atoms with Crippen molar-refractivity contribution in [2.24, 2.45) is 0 Å². The van der Waals surface area contributed by atoms with E-state index in [1.54, 1.807) is 0 Å². The van der Waals surface area contributed by atoms with Crippen LogP contribution in [0.5, 0.6) is 5.88 Å². The zero-order valence-corrected chi connectivity index (χ0v) is 11.3. The van der Waals surface area contributed by atoms with Gasteiger partial charge in [-0.3, -0.25) is 0 Å². The van der Waals surface area contributed by atoms with Crippen molar-refractivity contribution in [2.75, 3.05) is 26.7 Å². The third kappa shape index (κ3) is 3.61. The monoisotopic (exact) mass is 303 g/mol. The molecule has 1 aromatic heterocycles. The standard InChI is InChI=1S/C11H15BrFN3O/c1-16-4-2-11(13,3-5-16)8-17-10-7-14-9(12)6-15-10/h6-7H,2-5,8H2,1H3. The van der Waals surface area contributed by atoms with Gasteiger partial charge in [0.2, 0.25) is 5.88 Å². The summed E-state index contributed by atoms with van der Waals surface area (Å²) in [5, 5.41) is 0. The van der Waals surface area contributed by atoms with Gasteiger partial charge in [-0.1, -0.05) is 0 Å². The molecule has 1 aliphatic rings. The van der Waals surface area contributed by atoms with Gasteiger partial charge in [-0.15, -0.1) is 0 Å². The van der Waals surface area contributed by atoms with Crippen LogP contribution in [0.15, 0.2) is 17.0 Å². The van der Waals surface area contributed by atoms with E-state index in [-0.39, 0.29) is 6.61 Å². The van der Waals surface area contributed by atoms with E-state index in [2.05, 4.69) is 30.8 Å². The molecule has 4 nitrogen and oxygen atoms in total. The molecule has 6 heteroatoms. The summed E-state index contributed by atoms with van der Waals surface area (Å²) in [7, 11) is 2.00. The van der Waals surface area contributed by atoms with Crippen LogP contribution in [0.2, 0.25) is 0 Å². The number of rotatable bonds is 3. The summed E-state index contributed by atoms with van der Waals surface area (Å²) < 4.78 is 20.3. The Morgan fingerprint density at radius 2 is 2.12 bits per heavy atom. The molecule has 0 amide bonds. The molecule has 1 aliphatic heterocycles. The molecular formula is C11H15BrFN3O. The highest BCUT2D eigenvalue weighted by Crippen LogP contribution is 2.26. The third-order valence-corrected chi connectivity index (χ3v) is 3.37. The lowest BCUT2D eigenvalue weighted by atomic mass is 9.95. The Balaban J connectivity index is 1.87. The first-order valence-electron chi connectivity index (χ1n) is 5.55. The van der Waals surface area contributed by atoms with Crippen molar-refractivity contribution in [3.05, 3.63) is 17.0 Å². The predicted octanol–water partition coefficient (Wildman–Crippen LogP) is 2.05. The molecule has 2 heterocycles. The first-order valence-corrected chi connectivity index (χ1v) is 6.35. The number of alkyl halides is 1. The molecule has 2 rings (SSSR count). The normalized spacial score (nSPS) is 20.2. The van der Waals surface area contributed by atoms with Gasteiger partial charge in [-0.25, -0.2) is 14.4 Å². The summed E-state index contributed by atoms with van der Waals surface area (Å²) in [6.07, 6.45) is 4.04.